The van der Waals surface area contributed by atoms with E-state index in [-0.39, 0.29) is 0 Å². The lowest BCUT2D eigenvalue weighted by atomic mass is 10.3. The van der Waals surface area contributed by atoms with Crippen molar-refractivity contribution in [1.29, 1.82) is 0 Å². The molecule has 2 rings (SSSR count). The molecule has 1 aliphatic carbocycles. The second-order valence-corrected chi connectivity index (χ2v) is 3.81. The van der Waals surface area contributed by atoms with Crippen molar-refractivity contribution in [2.45, 2.75) is 25.7 Å². The van der Waals surface area contributed by atoms with E-state index in [9.17, 15) is 0 Å². The van der Waals surface area contributed by atoms with E-state index in [2.05, 4.69) is 5.32 Å². The molecule has 1 fully saturated rings. The van der Waals surface area contributed by atoms with Crippen LogP contribution in [0.15, 0.2) is 22.8 Å². The van der Waals surface area contributed by atoms with Crippen molar-refractivity contribution < 1.29 is 4.42 Å². The van der Waals surface area contributed by atoms with E-state index < -0.39 is 0 Å². The Morgan fingerprint density at radius 2 is 2.31 bits per heavy atom. The fraction of sp³-hybridized carbons (Fsp3) is 0.636. The van der Waals surface area contributed by atoms with Gasteiger partial charge in [0.1, 0.15) is 5.76 Å². The molecule has 72 valence electrons. The molecule has 1 N–H and O–H groups in total. The summed E-state index contributed by atoms with van der Waals surface area (Å²) in [6.07, 6.45) is 7.02. The summed E-state index contributed by atoms with van der Waals surface area (Å²) >= 11 is 0. The van der Waals surface area contributed by atoms with Gasteiger partial charge >= 0.3 is 0 Å². The fourth-order valence-corrected chi connectivity index (χ4v) is 1.50. The lowest BCUT2D eigenvalue weighted by Gasteiger charge is -2.01. The SMILES string of the molecule is c1coc(CCNCCC2CC2)c1. The van der Waals surface area contributed by atoms with E-state index in [4.69, 9.17) is 4.42 Å². The van der Waals surface area contributed by atoms with Crippen molar-refractivity contribution >= 4 is 0 Å². The van der Waals surface area contributed by atoms with Crippen molar-refractivity contribution in [3.05, 3.63) is 24.2 Å². The highest BCUT2D eigenvalue weighted by Crippen LogP contribution is 2.31. The molecule has 2 heteroatoms. The molecule has 0 atom stereocenters. The van der Waals surface area contributed by atoms with Crippen LogP contribution in [0.1, 0.15) is 25.0 Å². The summed E-state index contributed by atoms with van der Waals surface area (Å²) in [5.74, 6) is 2.12. The summed E-state index contributed by atoms with van der Waals surface area (Å²) in [5, 5.41) is 3.44. The Morgan fingerprint density at radius 1 is 1.38 bits per heavy atom. The first-order chi connectivity index (χ1) is 6.45. The van der Waals surface area contributed by atoms with Crippen molar-refractivity contribution in [3.63, 3.8) is 0 Å². The summed E-state index contributed by atoms with van der Waals surface area (Å²) in [7, 11) is 0. The topological polar surface area (TPSA) is 25.2 Å². The first kappa shape index (κ1) is 8.82. The Kier molecular flexibility index (Phi) is 3.03. The monoisotopic (exact) mass is 179 g/mol. The maximum atomic E-state index is 5.23. The van der Waals surface area contributed by atoms with Crippen LogP contribution in [-0.2, 0) is 6.42 Å². The largest absolute Gasteiger partial charge is 0.469 e. The molecule has 1 aromatic heterocycles. The Morgan fingerprint density at radius 3 is 3.00 bits per heavy atom. The first-order valence-electron chi connectivity index (χ1n) is 5.18. The molecular formula is C11H17NO. The van der Waals surface area contributed by atoms with Gasteiger partial charge in [0.25, 0.3) is 0 Å². The first-order valence-corrected chi connectivity index (χ1v) is 5.18. The van der Waals surface area contributed by atoms with Gasteiger partial charge in [-0.05, 0) is 31.0 Å². The van der Waals surface area contributed by atoms with Crippen LogP contribution >= 0.6 is 0 Å². The minimum atomic E-state index is 1.01. The summed E-state index contributed by atoms with van der Waals surface area (Å²) in [5.41, 5.74) is 0. The molecule has 1 aliphatic rings. The average molecular weight is 179 g/mol. The summed E-state index contributed by atoms with van der Waals surface area (Å²) in [6, 6.07) is 3.97. The Balaban J connectivity index is 1.48. The van der Waals surface area contributed by atoms with Crippen molar-refractivity contribution in [2.24, 2.45) is 5.92 Å². The van der Waals surface area contributed by atoms with Crippen LogP contribution in [0.2, 0.25) is 0 Å². The highest BCUT2D eigenvalue weighted by atomic mass is 16.3. The van der Waals surface area contributed by atoms with Gasteiger partial charge in [-0.2, -0.15) is 0 Å². The number of nitrogens with one attached hydrogen (secondary N) is 1. The van der Waals surface area contributed by atoms with Crippen LogP contribution in [0.4, 0.5) is 0 Å². The maximum absolute atomic E-state index is 5.23. The van der Waals surface area contributed by atoms with Crippen molar-refractivity contribution in [3.8, 4) is 0 Å². The molecule has 0 spiro atoms. The van der Waals surface area contributed by atoms with E-state index in [1.165, 1.54) is 25.8 Å². The van der Waals surface area contributed by atoms with Crippen molar-refractivity contribution in [1.82, 2.24) is 5.32 Å². The average Bonchev–Trinajstić information content (AvgIpc) is 2.81. The zero-order chi connectivity index (χ0) is 8.93. The van der Waals surface area contributed by atoms with Crippen LogP contribution in [0.5, 0.6) is 0 Å². The molecule has 1 heterocycles. The maximum Gasteiger partial charge on any atom is 0.105 e. The molecule has 0 aromatic carbocycles. The van der Waals surface area contributed by atoms with Crippen LogP contribution < -0.4 is 5.32 Å². The van der Waals surface area contributed by atoms with E-state index in [0.717, 1.165) is 24.6 Å². The van der Waals surface area contributed by atoms with Crippen molar-refractivity contribution in [2.75, 3.05) is 13.1 Å². The van der Waals surface area contributed by atoms with Crippen LogP contribution in [0.3, 0.4) is 0 Å². The van der Waals surface area contributed by atoms with E-state index in [0.29, 0.717) is 0 Å². The molecule has 1 saturated carbocycles. The third-order valence-electron chi connectivity index (χ3n) is 2.55. The van der Waals surface area contributed by atoms with Crippen LogP contribution in [0, 0.1) is 5.92 Å². The van der Waals surface area contributed by atoms with E-state index in [1.54, 1.807) is 6.26 Å². The van der Waals surface area contributed by atoms with Gasteiger partial charge in [0.05, 0.1) is 6.26 Å². The molecule has 13 heavy (non-hydrogen) atoms. The zero-order valence-electron chi connectivity index (χ0n) is 7.96. The van der Waals surface area contributed by atoms with Gasteiger partial charge in [-0.1, -0.05) is 12.8 Å². The number of furan rings is 1. The van der Waals surface area contributed by atoms with Crippen LogP contribution in [-0.4, -0.2) is 13.1 Å². The predicted octanol–water partition coefficient (Wildman–Crippen LogP) is 2.21. The second-order valence-electron chi connectivity index (χ2n) is 3.81. The highest BCUT2D eigenvalue weighted by molar-refractivity contribution is 4.98. The second kappa shape index (κ2) is 4.47. The lowest BCUT2D eigenvalue weighted by molar-refractivity contribution is 0.496. The van der Waals surface area contributed by atoms with Crippen LogP contribution in [0.25, 0.3) is 0 Å². The Labute approximate surface area is 79.3 Å². The fourth-order valence-electron chi connectivity index (χ4n) is 1.50. The summed E-state index contributed by atoms with van der Waals surface area (Å²) in [4.78, 5) is 0. The third-order valence-corrected chi connectivity index (χ3v) is 2.55. The molecule has 0 unspecified atom stereocenters. The molecule has 2 nitrogen and oxygen atoms in total. The number of hydrogen-bond acceptors (Lipinski definition) is 2. The smallest absolute Gasteiger partial charge is 0.105 e. The van der Waals surface area contributed by atoms with E-state index in [1.807, 2.05) is 12.1 Å². The van der Waals surface area contributed by atoms with Gasteiger partial charge < -0.3 is 9.73 Å². The molecule has 0 amide bonds. The molecule has 0 radical (unpaired) electrons. The number of rotatable bonds is 6. The van der Waals surface area contributed by atoms with Gasteiger partial charge in [0.15, 0.2) is 0 Å². The molecule has 0 saturated heterocycles. The normalized spacial score (nSPS) is 16.3. The standard InChI is InChI=1S/C11H17NO/c1-2-11(13-9-1)6-8-12-7-5-10-3-4-10/h1-2,9-10,12H,3-8H2. The molecular weight excluding hydrogens is 162 g/mol. The van der Waals surface area contributed by atoms with Gasteiger partial charge in [-0.15, -0.1) is 0 Å². The van der Waals surface area contributed by atoms with Gasteiger partial charge in [0, 0.05) is 13.0 Å². The zero-order valence-corrected chi connectivity index (χ0v) is 7.96. The lowest BCUT2D eigenvalue weighted by Crippen LogP contribution is -2.18. The molecule has 0 bridgehead atoms. The third kappa shape index (κ3) is 3.23. The summed E-state index contributed by atoms with van der Waals surface area (Å²) < 4.78 is 5.23. The summed E-state index contributed by atoms with van der Waals surface area (Å²) in [6.45, 7) is 2.21. The van der Waals surface area contributed by atoms with Gasteiger partial charge in [-0.3, -0.25) is 0 Å². The Bertz CT molecular complexity index is 226. The van der Waals surface area contributed by atoms with Gasteiger partial charge in [0.2, 0.25) is 0 Å². The molecule has 1 aromatic rings. The quantitative estimate of drug-likeness (QED) is 0.677. The number of hydrogen-bond donors (Lipinski definition) is 1. The highest BCUT2D eigenvalue weighted by Gasteiger charge is 2.19. The Hall–Kier alpha value is -0.760. The predicted molar refractivity (Wildman–Crippen MR) is 52.6 cm³/mol. The minimum absolute atomic E-state index is 1.01. The van der Waals surface area contributed by atoms with Gasteiger partial charge in [-0.25, -0.2) is 0 Å². The minimum Gasteiger partial charge on any atom is -0.469 e. The van der Waals surface area contributed by atoms with E-state index >= 15 is 0 Å². The molecule has 0 aliphatic heterocycles.